The second-order valence-corrected chi connectivity index (χ2v) is 3.98. The summed E-state index contributed by atoms with van der Waals surface area (Å²) in [6.45, 7) is 0. The third-order valence-electron chi connectivity index (χ3n) is 1.36. The predicted molar refractivity (Wildman–Crippen MR) is 61.7 cm³/mol. The van der Waals surface area contributed by atoms with Crippen LogP contribution in [0.3, 0.4) is 0 Å². The van der Waals surface area contributed by atoms with Gasteiger partial charge in [-0.3, -0.25) is 0 Å². The molecule has 6 heteroatoms. The van der Waals surface area contributed by atoms with Crippen molar-refractivity contribution in [1.82, 2.24) is 4.98 Å². The zero-order valence-electron chi connectivity index (χ0n) is 6.11. The van der Waals surface area contributed by atoms with Crippen molar-refractivity contribution in [2.45, 2.75) is 4.43 Å². The lowest BCUT2D eigenvalue weighted by molar-refractivity contribution is 1.22. The third kappa shape index (κ3) is 2.18. The maximum Gasteiger partial charge on any atom is 0.162 e. The molecule has 1 aromatic heterocycles. The standard InChI is InChI=1S/C7H2Cl3IN2/c8-5-3(1-11)7(10)13-4(2-12)6(5)9/h1H2. The van der Waals surface area contributed by atoms with Crippen molar-refractivity contribution in [3.05, 3.63) is 26.5 Å². The Hall–Kier alpha value is 0.240. The normalized spacial score (nSPS) is 9.77. The van der Waals surface area contributed by atoms with Gasteiger partial charge in [0.05, 0.1) is 10.0 Å². The highest BCUT2D eigenvalue weighted by atomic mass is 127. The summed E-state index contributed by atoms with van der Waals surface area (Å²) in [7, 11) is 0. The van der Waals surface area contributed by atoms with E-state index in [1.54, 1.807) is 0 Å². The van der Waals surface area contributed by atoms with E-state index in [2.05, 4.69) is 27.6 Å². The van der Waals surface area contributed by atoms with Crippen LogP contribution in [0.4, 0.5) is 0 Å². The molecule has 0 saturated carbocycles. The average molecular weight is 347 g/mol. The minimum Gasteiger partial charge on any atom is -0.223 e. The Bertz CT molecular complexity index is 383. The van der Waals surface area contributed by atoms with Crippen LogP contribution in [0.25, 0.3) is 0 Å². The van der Waals surface area contributed by atoms with Crippen LogP contribution in [0.5, 0.6) is 0 Å². The molecule has 1 aromatic rings. The zero-order valence-corrected chi connectivity index (χ0v) is 10.5. The van der Waals surface area contributed by atoms with Crippen LogP contribution >= 0.6 is 57.4 Å². The molecule has 2 nitrogen and oxygen atoms in total. The van der Waals surface area contributed by atoms with Gasteiger partial charge < -0.3 is 0 Å². The van der Waals surface area contributed by atoms with Crippen molar-refractivity contribution in [3.8, 4) is 6.07 Å². The number of nitrogens with zero attached hydrogens (tertiary/aromatic N) is 2. The van der Waals surface area contributed by atoms with E-state index in [1.165, 1.54) is 0 Å². The molecule has 0 atom stereocenters. The molecule has 0 bridgehead atoms. The van der Waals surface area contributed by atoms with Gasteiger partial charge in [-0.1, -0.05) is 57.4 Å². The highest BCUT2D eigenvalue weighted by Gasteiger charge is 2.14. The fraction of sp³-hybridized carbons (Fsp3) is 0.143. The minimum atomic E-state index is 0.0604. The Morgan fingerprint density at radius 1 is 1.31 bits per heavy atom. The summed E-state index contributed by atoms with van der Waals surface area (Å²) in [5.74, 6) is 0. The molecule has 0 amide bonds. The van der Waals surface area contributed by atoms with E-state index in [1.807, 2.05) is 6.07 Å². The number of nitriles is 1. The molecule has 0 fully saturated rings. The number of hydrogen-bond donors (Lipinski definition) is 0. The number of rotatable bonds is 1. The molecule has 0 spiro atoms. The van der Waals surface area contributed by atoms with Crippen LogP contribution in [0.1, 0.15) is 11.3 Å². The number of pyridine rings is 1. The van der Waals surface area contributed by atoms with E-state index >= 15 is 0 Å². The topological polar surface area (TPSA) is 36.7 Å². The van der Waals surface area contributed by atoms with Crippen LogP contribution < -0.4 is 0 Å². The van der Waals surface area contributed by atoms with Crippen LogP contribution in [0, 0.1) is 11.3 Å². The fourth-order valence-electron chi connectivity index (χ4n) is 0.730. The summed E-state index contributed by atoms with van der Waals surface area (Å²) < 4.78 is 0.605. The first kappa shape index (κ1) is 11.3. The number of hydrogen-bond acceptors (Lipinski definition) is 2. The molecule has 0 aliphatic carbocycles. The second-order valence-electron chi connectivity index (χ2n) is 2.10. The molecule has 1 heterocycles. The van der Waals surface area contributed by atoms with Gasteiger partial charge in [0.2, 0.25) is 0 Å². The van der Waals surface area contributed by atoms with Crippen molar-refractivity contribution in [2.75, 3.05) is 0 Å². The highest BCUT2D eigenvalue weighted by Crippen LogP contribution is 2.33. The van der Waals surface area contributed by atoms with Crippen molar-refractivity contribution in [2.24, 2.45) is 0 Å². The highest BCUT2D eigenvalue weighted by molar-refractivity contribution is 14.1. The van der Waals surface area contributed by atoms with Crippen LogP contribution in [-0.4, -0.2) is 4.98 Å². The van der Waals surface area contributed by atoms with Crippen LogP contribution in [0.2, 0.25) is 15.2 Å². The molecule has 0 aromatic carbocycles. The first-order valence-electron chi connectivity index (χ1n) is 3.11. The van der Waals surface area contributed by atoms with E-state index in [9.17, 15) is 0 Å². The summed E-state index contributed by atoms with van der Waals surface area (Å²) in [5.41, 5.74) is 0.721. The lowest BCUT2D eigenvalue weighted by Gasteiger charge is -2.05. The van der Waals surface area contributed by atoms with Crippen LogP contribution in [0.15, 0.2) is 0 Å². The quantitative estimate of drug-likeness (QED) is 0.440. The predicted octanol–water partition coefficient (Wildman–Crippen LogP) is 3.85. The Kier molecular flexibility index (Phi) is 4.05. The van der Waals surface area contributed by atoms with Gasteiger partial charge in [-0.2, -0.15) is 5.26 Å². The average Bonchev–Trinajstić information content (AvgIpc) is 2.12. The van der Waals surface area contributed by atoms with E-state index < -0.39 is 0 Å². The molecule has 0 unspecified atom stereocenters. The summed E-state index contributed by atoms with van der Waals surface area (Å²) in [6, 6.07) is 1.81. The van der Waals surface area contributed by atoms with Crippen molar-refractivity contribution in [1.29, 1.82) is 5.26 Å². The first-order valence-corrected chi connectivity index (χ1v) is 5.77. The van der Waals surface area contributed by atoms with E-state index in [0.717, 1.165) is 0 Å². The molecule has 68 valence electrons. The molecule has 0 aliphatic rings. The van der Waals surface area contributed by atoms with Gasteiger partial charge in [0.25, 0.3) is 0 Å². The maximum atomic E-state index is 8.61. The SMILES string of the molecule is N#Cc1nc(Cl)c(CI)c(Cl)c1Cl. The van der Waals surface area contributed by atoms with E-state index in [0.29, 0.717) is 15.0 Å². The summed E-state index contributed by atoms with van der Waals surface area (Å²) in [6.07, 6.45) is 0. The third-order valence-corrected chi connectivity index (χ3v) is 3.32. The molecule has 0 radical (unpaired) electrons. The Balaban J connectivity index is 3.48. The van der Waals surface area contributed by atoms with Crippen molar-refractivity contribution < 1.29 is 0 Å². The zero-order chi connectivity index (χ0) is 10.0. The molecule has 0 N–H and O–H groups in total. The van der Waals surface area contributed by atoms with E-state index in [4.69, 9.17) is 40.1 Å². The van der Waals surface area contributed by atoms with Gasteiger partial charge >= 0.3 is 0 Å². The smallest absolute Gasteiger partial charge is 0.162 e. The van der Waals surface area contributed by atoms with Gasteiger partial charge in [-0.15, -0.1) is 0 Å². The number of aromatic nitrogens is 1. The Morgan fingerprint density at radius 3 is 2.38 bits per heavy atom. The lowest BCUT2D eigenvalue weighted by Crippen LogP contribution is -1.92. The van der Waals surface area contributed by atoms with Gasteiger partial charge in [0.15, 0.2) is 5.69 Å². The van der Waals surface area contributed by atoms with Gasteiger partial charge in [0, 0.05) is 9.99 Å². The monoisotopic (exact) mass is 346 g/mol. The Labute approximate surface area is 104 Å². The minimum absolute atomic E-state index is 0.0604. The molecular weight excluding hydrogens is 345 g/mol. The maximum absolute atomic E-state index is 8.61. The van der Waals surface area contributed by atoms with Gasteiger partial charge in [0.1, 0.15) is 11.2 Å². The second kappa shape index (κ2) is 4.65. The first-order chi connectivity index (χ1) is 6.11. The van der Waals surface area contributed by atoms with E-state index in [-0.39, 0.29) is 15.9 Å². The summed E-state index contributed by atoms with van der Waals surface area (Å²) in [4.78, 5) is 3.81. The molecule has 13 heavy (non-hydrogen) atoms. The van der Waals surface area contributed by atoms with Crippen molar-refractivity contribution in [3.63, 3.8) is 0 Å². The number of halogens is 4. The molecule has 0 aliphatic heterocycles. The number of alkyl halides is 1. The van der Waals surface area contributed by atoms with Crippen molar-refractivity contribution >= 4 is 57.4 Å². The summed E-state index contributed by atoms with van der Waals surface area (Å²) in [5, 5.41) is 9.33. The van der Waals surface area contributed by atoms with Gasteiger partial charge in [-0.05, 0) is 0 Å². The molecule has 1 rings (SSSR count). The summed E-state index contributed by atoms with van der Waals surface area (Å²) >= 11 is 19.5. The van der Waals surface area contributed by atoms with Gasteiger partial charge in [-0.25, -0.2) is 4.98 Å². The fourth-order valence-corrected chi connectivity index (χ4v) is 2.66. The largest absolute Gasteiger partial charge is 0.223 e. The Morgan fingerprint density at radius 2 is 1.92 bits per heavy atom. The van der Waals surface area contributed by atoms with Crippen LogP contribution in [-0.2, 0) is 4.43 Å². The molecule has 0 saturated heterocycles. The lowest BCUT2D eigenvalue weighted by atomic mass is 10.3. The molecular formula is C7H2Cl3IN2.